The van der Waals surface area contributed by atoms with Gasteiger partial charge in [0.1, 0.15) is 0 Å². The number of hydrogen-bond donors (Lipinski definition) is 2. The Morgan fingerprint density at radius 3 is 2.08 bits per heavy atom. The minimum Gasteiger partial charge on any atom is -0.325 e. The molecule has 2 heteroatoms. The van der Waals surface area contributed by atoms with E-state index in [1.54, 1.807) is 0 Å². The van der Waals surface area contributed by atoms with Gasteiger partial charge in [0.05, 0.1) is 0 Å². The molecule has 12 heavy (non-hydrogen) atoms. The first-order chi connectivity index (χ1) is 5.33. The van der Waals surface area contributed by atoms with Gasteiger partial charge in [0.25, 0.3) is 0 Å². The second-order valence-corrected chi connectivity index (χ2v) is 4.88. The Morgan fingerprint density at radius 1 is 1.25 bits per heavy atom. The van der Waals surface area contributed by atoms with Crippen molar-refractivity contribution in [1.82, 2.24) is 5.32 Å². The van der Waals surface area contributed by atoms with Crippen LogP contribution in [0.4, 0.5) is 0 Å². The van der Waals surface area contributed by atoms with E-state index >= 15 is 0 Å². The van der Waals surface area contributed by atoms with Crippen molar-refractivity contribution in [3.8, 4) is 0 Å². The first-order valence-corrected chi connectivity index (χ1v) is 4.76. The Kier molecular flexibility index (Phi) is 4.21. The molecule has 0 bridgehead atoms. The average Bonchev–Trinajstić information content (AvgIpc) is 1.85. The lowest BCUT2D eigenvalue weighted by molar-refractivity contribution is 0.237. The fourth-order valence-electron chi connectivity index (χ4n) is 1.76. The predicted molar refractivity (Wildman–Crippen MR) is 55.2 cm³/mol. The highest BCUT2D eigenvalue weighted by atomic mass is 14.8. The van der Waals surface area contributed by atoms with Crippen molar-refractivity contribution in [3.05, 3.63) is 0 Å². The fourth-order valence-corrected chi connectivity index (χ4v) is 1.76. The van der Waals surface area contributed by atoms with Crippen LogP contribution in [-0.2, 0) is 0 Å². The van der Waals surface area contributed by atoms with Gasteiger partial charge < -0.3 is 11.1 Å². The van der Waals surface area contributed by atoms with E-state index in [4.69, 9.17) is 5.73 Å². The van der Waals surface area contributed by atoms with Crippen LogP contribution in [0.2, 0.25) is 0 Å². The topological polar surface area (TPSA) is 38.0 Å². The molecule has 0 aliphatic carbocycles. The average molecular weight is 172 g/mol. The lowest BCUT2D eigenvalue weighted by atomic mass is 9.78. The van der Waals surface area contributed by atoms with Gasteiger partial charge in [-0.25, -0.2) is 0 Å². The van der Waals surface area contributed by atoms with E-state index in [0.29, 0.717) is 5.41 Å². The molecule has 0 aliphatic rings. The van der Waals surface area contributed by atoms with Gasteiger partial charge in [-0.05, 0) is 32.2 Å². The Hall–Kier alpha value is -0.0800. The van der Waals surface area contributed by atoms with Crippen LogP contribution in [0.5, 0.6) is 0 Å². The first-order valence-electron chi connectivity index (χ1n) is 4.76. The molecule has 1 unspecified atom stereocenters. The Balaban J connectivity index is 4.04. The zero-order valence-electron chi connectivity index (χ0n) is 9.20. The summed E-state index contributed by atoms with van der Waals surface area (Å²) >= 11 is 0. The molecule has 0 aromatic heterocycles. The Bertz CT molecular complexity index is 128. The highest BCUT2D eigenvalue weighted by Gasteiger charge is 2.27. The molecule has 0 rings (SSSR count). The quantitative estimate of drug-likeness (QED) is 0.663. The standard InChI is InChI=1S/C10H24N2/c1-6-10(4,11)7-9(2,3)8-12-5/h12H,6-8,11H2,1-5H3. The summed E-state index contributed by atoms with van der Waals surface area (Å²) in [4.78, 5) is 0. The van der Waals surface area contributed by atoms with Crippen LogP contribution in [-0.4, -0.2) is 19.1 Å². The number of rotatable bonds is 5. The minimum absolute atomic E-state index is 0.0135. The second kappa shape index (κ2) is 4.24. The summed E-state index contributed by atoms with van der Waals surface area (Å²) in [5.74, 6) is 0. The Morgan fingerprint density at radius 2 is 1.75 bits per heavy atom. The van der Waals surface area contributed by atoms with Crippen molar-refractivity contribution in [1.29, 1.82) is 0 Å². The van der Waals surface area contributed by atoms with Gasteiger partial charge in [-0.3, -0.25) is 0 Å². The normalized spacial score (nSPS) is 17.5. The molecule has 0 radical (unpaired) electrons. The summed E-state index contributed by atoms with van der Waals surface area (Å²) in [6.45, 7) is 9.81. The molecule has 0 fully saturated rings. The lowest BCUT2D eigenvalue weighted by Crippen LogP contribution is -2.42. The smallest absolute Gasteiger partial charge is 0.0128 e. The van der Waals surface area contributed by atoms with E-state index < -0.39 is 0 Å². The maximum absolute atomic E-state index is 6.10. The number of hydrogen-bond acceptors (Lipinski definition) is 2. The molecule has 74 valence electrons. The molecule has 0 aromatic carbocycles. The highest BCUT2D eigenvalue weighted by Crippen LogP contribution is 2.27. The molecule has 2 nitrogen and oxygen atoms in total. The van der Waals surface area contributed by atoms with Crippen molar-refractivity contribution < 1.29 is 0 Å². The van der Waals surface area contributed by atoms with Gasteiger partial charge in [0, 0.05) is 12.1 Å². The van der Waals surface area contributed by atoms with Crippen LogP contribution in [0, 0.1) is 5.41 Å². The molecular formula is C10H24N2. The molecule has 0 aliphatic heterocycles. The van der Waals surface area contributed by atoms with E-state index in [9.17, 15) is 0 Å². The van der Waals surface area contributed by atoms with E-state index in [0.717, 1.165) is 19.4 Å². The molecule has 0 saturated heterocycles. The van der Waals surface area contributed by atoms with E-state index in [1.807, 2.05) is 7.05 Å². The first kappa shape index (κ1) is 11.9. The highest BCUT2D eigenvalue weighted by molar-refractivity contribution is 4.85. The summed E-state index contributed by atoms with van der Waals surface area (Å²) < 4.78 is 0. The molecule has 0 aromatic rings. The molecule has 0 amide bonds. The van der Waals surface area contributed by atoms with E-state index in [1.165, 1.54) is 0 Å². The molecular weight excluding hydrogens is 148 g/mol. The molecule has 0 spiro atoms. The van der Waals surface area contributed by atoms with E-state index in [2.05, 4.69) is 33.0 Å². The maximum Gasteiger partial charge on any atom is 0.0128 e. The summed E-state index contributed by atoms with van der Waals surface area (Å²) in [7, 11) is 1.99. The number of nitrogens with one attached hydrogen (secondary N) is 1. The predicted octanol–water partition coefficient (Wildman–Crippen LogP) is 1.75. The van der Waals surface area contributed by atoms with Crippen molar-refractivity contribution in [2.75, 3.05) is 13.6 Å². The van der Waals surface area contributed by atoms with Crippen molar-refractivity contribution in [2.45, 2.75) is 46.1 Å². The zero-order valence-corrected chi connectivity index (χ0v) is 9.20. The zero-order chi connectivity index (χ0) is 9.83. The van der Waals surface area contributed by atoms with Crippen LogP contribution in [0.15, 0.2) is 0 Å². The van der Waals surface area contributed by atoms with Crippen LogP contribution in [0.25, 0.3) is 0 Å². The van der Waals surface area contributed by atoms with Crippen LogP contribution in [0.1, 0.15) is 40.5 Å². The van der Waals surface area contributed by atoms with Gasteiger partial charge in [-0.1, -0.05) is 20.8 Å². The van der Waals surface area contributed by atoms with Crippen molar-refractivity contribution in [2.24, 2.45) is 11.1 Å². The van der Waals surface area contributed by atoms with Crippen molar-refractivity contribution >= 4 is 0 Å². The van der Waals surface area contributed by atoms with Gasteiger partial charge in [-0.2, -0.15) is 0 Å². The van der Waals surface area contributed by atoms with Gasteiger partial charge >= 0.3 is 0 Å². The van der Waals surface area contributed by atoms with E-state index in [-0.39, 0.29) is 5.54 Å². The summed E-state index contributed by atoms with van der Waals surface area (Å²) in [5.41, 5.74) is 6.39. The maximum atomic E-state index is 6.10. The van der Waals surface area contributed by atoms with Crippen molar-refractivity contribution in [3.63, 3.8) is 0 Å². The second-order valence-electron chi connectivity index (χ2n) is 4.88. The lowest BCUT2D eigenvalue weighted by Gasteiger charge is -2.34. The van der Waals surface area contributed by atoms with Crippen LogP contribution in [0.3, 0.4) is 0 Å². The number of nitrogens with two attached hydrogens (primary N) is 1. The Labute approximate surface area is 76.9 Å². The third kappa shape index (κ3) is 4.73. The van der Waals surface area contributed by atoms with Crippen LogP contribution < -0.4 is 11.1 Å². The van der Waals surface area contributed by atoms with Gasteiger partial charge in [-0.15, -0.1) is 0 Å². The third-order valence-electron chi connectivity index (χ3n) is 2.35. The summed E-state index contributed by atoms with van der Waals surface area (Å²) in [6, 6.07) is 0. The molecule has 0 saturated carbocycles. The molecule has 3 N–H and O–H groups in total. The van der Waals surface area contributed by atoms with Crippen LogP contribution >= 0.6 is 0 Å². The monoisotopic (exact) mass is 172 g/mol. The van der Waals surface area contributed by atoms with Gasteiger partial charge in [0.15, 0.2) is 0 Å². The minimum atomic E-state index is -0.0135. The SMILES string of the molecule is CCC(C)(N)CC(C)(C)CNC. The largest absolute Gasteiger partial charge is 0.325 e. The molecule has 0 heterocycles. The summed E-state index contributed by atoms with van der Waals surface area (Å²) in [6.07, 6.45) is 2.11. The summed E-state index contributed by atoms with van der Waals surface area (Å²) in [5, 5.41) is 3.20. The fraction of sp³-hybridized carbons (Fsp3) is 1.00. The third-order valence-corrected chi connectivity index (χ3v) is 2.35. The van der Waals surface area contributed by atoms with Gasteiger partial charge in [0.2, 0.25) is 0 Å². The molecule has 1 atom stereocenters.